The molecule has 1 saturated heterocycles. The minimum Gasteiger partial charge on any atom is -0.360 e. The molecule has 1 fully saturated rings. The Balaban J connectivity index is 1.74. The molecule has 2 N–H and O–H groups in total. The van der Waals surface area contributed by atoms with Gasteiger partial charge in [-0.3, -0.25) is 9.59 Å². The quantitative estimate of drug-likeness (QED) is 0.725. The highest BCUT2D eigenvalue weighted by atomic mass is 16.2. The van der Waals surface area contributed by atoms with Crippen LogP contribution in [0.4, 0.5) is 5.69 Å². The average Bonchev–Trinajstić information content (AvgIpc) is 2.55. The zero-order chi connectivity index (χ0) is 17.5. The summed E-state index contributed by atoms with van der Waals surface area (Å²) >= 11 is 0. The van der Waals surface area contributed by atoms with Crippen LogP contribution in [0.25, 0.3) is 0 Å². The van der Waals surface area contributed by atoms with Crippen molar-refractivity contribution in [2.24, 2.45) is 5.92 Å². The number of benzene rings is 1. The van der Waals surface area contributed by atoms with E-state index in [0.29, 0.717) is 12.5 Å². The topological polar surface area (TPSA) is 53.9 Å². The smallest absolute Gasteiger partial charge is 0.275 e. The molecule has 24 heavy (non-hydrogen) atoms. The maximum atomic E-state index is 12.0. The molecule has 1 aliphatic rings. The van der Waals surface area contributed by atoms with Crippen molar-refractivity contribution >= 4 is 17.4 Å². The normalized spacial score (nSPS) is 15.6. The van der Waals surface area contributed by atoms with Gasteiger partial charge in [0.2, 0.25) is 0 Å². The summed E-state index contributed by atoms with van der Waals surface area (Å²) in [5.41, 5.74) is 1.90. The first-order valence-corrected chi connectivity index (χ1v) is 8.92. The third kappa shape index (κ3) is 5.64. The van der Waals surface area contributed by atoms with Gasteiger partial charge >= 0.3 is 0 Å². The fraction of sp³-hybridized carbons (Fsp3) is 0.579. The van der Waals surface area contributed by atoms with Crippen molar-refractivity contribution in [1.29, 1.82) is 0 Å². The number of rotatable bonds is 7. The lowest BCUT2D eigenvalue weighted by molar-refractivity contribution is -0.892. The number of nitrogens with zero attached hydrogens (tertiary/aromatic N) is 1. The number of amides is 1. The Hall–Kier alpha value is -1.88. The van der Waals surface area contributed by atoms with E-state index in [1.807, 2.05) is 24.3 Å². The summed E-state index contributed by atoms with van der Waals surface area (Å²) in [5.74, 6) is 0.875. The molecule has 0 unspecified atom stereocenters. The molecule has 132 valence electrons. The van der Waals surface area contributed by atoms with Crippen LogP contribution in [0.1, 0.15) is 37.6 Å². The number of ketones is 1. The standard InChI is InChI=1S/C19H29N3O2/c1-15(2)8-9-20-19(24)14-21-10-12-22(13-11-21)18-6-4-17(5-7-18)16(3)23/h4-7,15H,8-14H2,1-3H3,(H,20,24)/p+1. The predicted octanol–water partition coefficient (Wildman–Crippen LogP) is 0.756. The Kier molecular flexibility index (Phi) is 6.79. The zero-order valence-corrected chi connectivity index (χ0v) is 15.1. The van der Waals surface area contributed by atoms with Gasteiger partial charge in [0.05, 0.1) is 26.2 Å². The van der Waals surface area contributed by atoms with E-state index >= 15 is 0 Å². The van der Waals surface area contributed by atoms with E-state index in [-0.39, 0.29) is 11.7 Å². The third-order valence-electron chi connectivity index (χ3n) is 4.56. The number of nitrogens with one attached hydrogen (secondary N) is 2. The largest absolute Gasteiger partial charge is 0.360 e. The van der Waals surface area contributed by atoms with E-state index in [4.69, 9.17) is 0 Å². The lowest BCUT2D eigenvalue weighted by Crippen LogP contribution is -3.15. The summed E-state index contributed by atoms with van der Waals surface area (Å²) in [6.45, 7) is 11.1. The Labute approximate surface area is 145 Å². The molecular formula is C19H30N3O2+. The van der Waals surface area contributed by atoms with E-state index in [2.05, 4.69) is 24.1 Å². The molecule has 1 aromatic rings. The van der Waals surface area contributed by atoms with Crippen molar-refractivity contribution in [3.8, 4) is 0 Å². The van der Waals surface area contributed by atoms with Gasteiger partial charge in [-0.05, 0) is 43.5 Å². The highest BCUT2D eigenvalue weighted by Gasteiger charge is 2.22. The van der Waals surface area contributed by atoms with Gasteiger partial charge in [-0.2, -0.15) is 0 Å². The van der Waals surface area contributed by atoms with Gasteiger partial charge in [0.1, 0.15) is 0 Å². The molecule has 0 atom stereocenters. The number of piperazine rings is 1. The predicted molar refractivity (Wildman–Crippen MR) is 96.7 cm³/mol. The van der Waals surface area contributed by atoms with Gasteiger partial charge in [-0.15, -0.1) is 0 Å². The summed E-state index contributed by atoms with van der Waals surface area (Å²) in [7, 11) is 0. The summed E-state index contributed by atoms with van der Waals surface area (Å²) < 4.78 is 0. The Morgan fingerprint density at radius 1 is 1.17 bits per heavy atom. The van der Waals surface area contributed by atoms with Gasteiger partial charge in [0, 0.05) is 17.8 Å². The molecule has 0 bridgehead atoms. The fourth-order valence-corrected chi connectivity index (χ4v) is 2.95. The van der Waals surface area contributed by atoms with Crippen molar-refractivity contribution in [3.05, 3.63) is 29.8 Å². The Morgan fingerprint density at radius 3 is 2.33 bits per heavy atom. The molecule has 1 aromatic carbocycles. The molecule has 1 aliphatic heterocycles. The lowest BCUT2D eigenvalue weighted by Gasteiger charge is -2.33. The monoisotopic (exact) mass is 332 g/mol. The SMILES string of the molecule is CC(=O)c1ccc(N2CC[NH+](CC(=O)NCCC(C)C)CC2)cc1. The second kappa shape index (κ2) is 8.83. The Bertz CT molecular complexity index is 546. The molecule has 5 heteroatoms. The van der Waals surface area contributed by atoms with Gasteiger partial charge in [-0.1, -0.05) is 13.8 Å². The van der Waals surface area contributed by atoms with E-state index in [1.54, 1.807) is 6.92 Å². The number of hydrogen-bond donors (Lipinski definition) is 2. The summed E-state index contributed by atoms with van der Waals surface area (Å²) in [6, 6.07) is 7.80. The zero-order valence-electron chi connectivity index (χ0n) is 15.1. The number of carbonyl (C=O) groups excluding carboxylic acids is 2. The van der Waals surface area contributed by atoms with E-state index in [9.17, 15) is 9.59 Å². The van der Waals surface area contributed by atoms with Crippen molar-refractivity contribution in [1.82, 2.24) is 5.32 Å². The van der Waals surface area contributed by atoms with Crippen molar-refractivity contribution in [2.45, 2.75) is 27.2 Å². The van der Waals surface area contributed by atoms with Crippen LogP contribution in [0.15, 0.2) is 24.3 Å². The van der Waals surface area contributed by atoms with E-state index < -0.39 is 0 Å². The van der Waals surface area contributed by atoms with Crippen molar-refractivity contribution < 1.29 is 14.5 Å². The minimum absolute atomic E-state index is 0.0966. The molecule has 0 radical (unpaired) electrons. The molecular weight excluding hydrogens is 302 g/mol. The molecule has 0 spiro atoms. The first kappa shape index (κ1) is 18.5. The summed E-state index contributed by atoms with van der Waals surface area (Å²) in [4.78, 5) is 27.0. The number of Topliss-reactive ketones (excluding diaryl/α,β-unsaturated/α-hetero) is 1. The molecule has 0 aromatic heterocycles. The first-order chi connectivity index (χ1) is 11.5. The average molecular weight is 332 g/mol. The highest BCUT2D eigenvalue weighted by molar-refractivity contribution is 5.94. The van der Waals surface area contributed by atoms with Crippen LogP contribution in [-0.2, 0) is 4.79 Å². The summed E-state index contributed by atoms with van der Waals surface area (Å²) in [6.07, 6.45) is 1.03. The summed E-state index contributed by atoms with van der Waals surface area (Å²) in [5, 5.41) is 3.02. The van der Waals surface area contributed by atoms with Crippen LogP contribution >= 0.6 is 0 Å². The molecule has 1 heterocycles. The second-order valence-electron chi connectivity index (χ2n) is 7.05. The van der Waals surface area contributed by atoms with Crippen LogP contribution in [0.3, 0.4) is 0 Å². The minimum atomic E-state index is 0.0966. The number of anilines is 1. The highest BCUT2D eigenvalue weighted by Crippen LogP contribution is 2.15. The molecule has 0 saturated carbocycles. The van der Waals surface area contributed by atoms with Crippen molar-refractivity contribution in [2.75, 3.05) is 44.2 Å². The van der Waals surface area contributed by atoms with Crippen molar-refractivity contribution in [3.63, 3.8) is 0 Å². The van der Waals surface area contributed by atoms with Crippen LogP contribution in [-0.4, -0.2) is 51.0 Å². The molecule has 0 aliphatic carbocycles. The number of carbonyl (C=O) groups is 2. The van der Waals surface area contributed by atoms with Gasteiger partial charge < -0.3 is 15.1 Å². The lowest BCUT2D eigenvalue weighted by atomic mass is 10.1. The van der Waals surface area contributed by atoms with Crippen LogP contribution < -0.4 is 15.1 Å². The van der Waals surface area contributed by atoms with Gasteiger partial charge in [0.25, 0.3) is 5.91 Å². The molecule has 2 rings (SSSR count). The van der Waals surface area contributed by atoms with E-state index in [0.717, 1.165) is 50.4 Å². The van der Waals surface area contributed by atoms with Crippen LogP contribution in [0, 0.1) is 5.92 Å². The maximum absolute atomic E-state index is 12.0. The molecule has 5 nitrogen and oxygen atoms in total. The third-order valence-corrected chi connectivity index (χ3v) is 4.56. The molecule has 1 amide bonds. The Morgan fingerprint density at radius 2 is 1.79 bits per heavy atom. The van der Waals surface area contributed by atoms with E-state index in [1.165, 1.54) is 4.90 Å². The number of hydrogen-bond acceptors (Lipinski definition) is 3. The number of quaternary nitrogens is 1. The first-order valence-electron chi connectivity index (χ1n) is 8.92. The van der Waals surface area contributed by atoms with Crippen LogP contribution in [0.2, 0.25) is 0 Å². The van der Waals surface area contributed by atoms with Gasteiger partial charge in [-0.25, -0.2) is 0 Å². The maximum Gasteiger partial charge on any atom is 0.275 e. The van der Waals surface area contributed by atoms with Crippen LogP contribution in [0.5, 0.6) is 0 Å². The fourth-order valence-electron chi connectivity index (χ4n) is 2.95. The second-order valence-corrected chi connectivity index (χ2v) is 7.05. The van der Waals surface area contributed by atoms with Gasteiger partial charge in [0.15, 0.2) is 12.3 Å².